The highest BCUT2D eigenvalue weighted by molar-refractivity contribution is 6.04. The van der Waals surface area contributed by atoms with Gasteiger partial charge in [-0.1, -0.05) is 19.1 Å². The molecule has 3 amide bonds. The van der Waals surface area contributed by atoms with Gasteiger partial charge in [-0.15, -0.1) is 0 Å². The number of oxazole rings is 1. The summed E-state index contributed by atoms with van der Waals surface area (Å²) in [5.41, 5.74) is 0.693. The fraction of sp³-hybridized carbons (Fsp3) is 0.312. The molecular formula is C16H16N4O5. The molecule has 2 aromatic rings. The maximum atomic E-state index is 12.4. The van der Waals surface area contributed by atoms with Crippen molar-refractivity contribution in [1.29, 1.82) is 0 Å². The molecule has 130 valence electrons. The van der Waals surface area contributed by atoms with Crippen LogP contribution in [0.15, 0.2) is 34.9 Å². The van der Waals surface area contributed by atoms with E-state index in [9.17, 15) is 19.7 Å². The number of nitrogens with zero attached hydrogens (tertiary/aromatic N) is 3. The van der Waals surface area contributed by atoms with Gasteiger partial charge in [0.15, 0.2) is 0 Å². The van der Waals surface area contributed by atoms with Gasteiger partial charge in [0.25, 0.3) is 11.6 Å². The number of nitro benzene ring substituents is 1. The van der Waals surface area contributed by atoms with E-state index in [0.29, 0.717) is 18.1 Å². The molecule has 2 heterocycles. The number of urea groups is 1. The van der Waals surface area contributed by atoms with E-state index in [0.717, 1.165) is 10.5 Å². The Hall–Kier alpha value is -3.23. The number of rotatable bonds is 6. The Morgan fingerprint density at radius 2 is 2.04 bits per heavy atom. The number of nitrogens with one attached hydrogen (secondary N) is 1. The second-order valence-electron chi connectivity index (χ2n) is 5.63. The van der Waals surface area contributed by atoms with Crippen molar-refractivity contribution in [1.82, 2.24) is 15.2 Å². The number of amides is 3. The molecule has 3 rings (SSSR count). The largest absolute Gasteiger partial charge is 0.444 e. The quantitative estimate of drug-likeness (QED) is 0.485. The van der Waals surface area contributed by atoms with E-state index in [4.69, 9.17) is 4.42 Å². The minimum atomic E-state index is -0.713. The van der Waals surface area contributed by atoms with Crippen LogP contribution >= 0.6 is 0 Å². The summed E-state index contributed by atoms with van der Waals surface area (Å²) in [4.78, 5) is 39.8. The Labute approximate surface area is 142 Å². The van der Waals surface area contributed by atoms with Crippen LogP contribution in [-0.2, 0) is 24.2 Å². The van der Waals surface area contributed by atoms with Crippen LogP contribution in [0.2, 0.25) is 0 Å². The van der Waals surface area contributed by atoms with E-state index < -0.39 is 17.0 Å². The molecule has 9 nitrogen and oxygen atoms in total. The van der Waals surface area contributed by atoms with Gasteiger partial charge in [0, 0.05) is 25.0 Å². The van der Waals surface area contributed by atoms with Crippen molar-refractivity contribution in [3.05, 3.63) is 57.8 Å². The van der Waals surface area contributed by atoms with Crippen LogP contribution in [0.3, 0.4) is 0 Å². The Morgan fingerprint density at radius 3 is 2.64 bits per heavy atom. The SMILES string of the molecule is CCc1cnc(CN2C(=O)NC(Cc3ccc([N+](=O)[O-])cc3)C2=O)o1. The predicted molar refractivity (Wildman–Crippen MR) is 85.6 cm³/mol. The molecule has 1 fully saturated rings. The number of benzene rings is 1. The molecule has 1 saturated heterocycles. The minimum absolute atomic E-state index is 0.0252. The number of aryl methyl sites for hydroxylation is 1. The van der Waals surface area contributed by atoms with Crippen molar-refractivity contribution in [3.8, 4) is 0 Å². The summed E-state index contributed by atoms with van der Waals surface area (Å²) in [5.74, 6) is 0.612. The lowest BCUT2D eigenvalue weighted by Gasteiger charge is -2.10. The van der Waals surface area contributed by atoms with Gasteiger partial charge in [-0.2, -0.15) is 0 Å². The van der Waals surface area contributed by atoms with E-state index in [1.807, 2.05) is 6.92 Å². The van der Waals surface area contributed by atoms with Crippen LogP contribution in [-0.4, -0.2) is 32.8 Å². The predicted octanol–water partition coefficient (Wildman–Crippen LogP) is 1.81. The molecule has 0 saturated carbocycles. The number of nitro groups is 1. The number of non-ortho nitro benzene ring substituents is 1. The van der Waals surface area contributed by atoms with Gasteiger partial charge in [-0.25, -0.2) is 9.78 Å². The van der Waals surface area contributed by atoms with Crippen molar-refractivity contribution in [2.75, 3.05) is 0 Å². The Balaban J connectivity index is 1.67. The van der Waals surface area contributed by atoms with Gasteiger partial charge < -0.3 is 9.73 Å². The molecule has 0 aliphatic carbocycles. The highest BCUT2D eigenvalue weighted by Gasteiger charge is 2.38. The number of imide groups is 1. The number of aromatic nitrogens is 1. The van der Waals surface area contributed by atoms with Gasteiger partial charge in [-0.3, -0.25) is 19.8 Å². The van der Waals surface area contributed by atoms with Crippen LogP contribution in [0.1, 0.15) is 24.1 Å². The monoisotopic (exact) mass is 344 g/mol. The first-order valence-electron chi connectivity index (χ1n) is 7.76. The Bertz CT molecular complexity index is 814. The number of hydrogen-bond acceptors (Lipinski definition) is 6. The van der Waals surface area contributed by atoms with Crippen molar-refractivity contribution in [2.24, 2.45) is 0 Å². The van der Waals surface area contributed by atoms with Gasteiger partial charge in [-0.05, 0) is 5.56 Å². The summed E-state index contributed by atoms with van der Waals surface area (Å²) in [6, 6.07) is 4.66. The molecule has 1 unspecified atom stereocenters. The van der Waals surface area contributed by atoms with Crippen molar-refractivity contribution in [3.63, 3.8) is 0 Å². The fourth-order valence-corrected chi connectivity index (χ4v) is 2.57. The van der Waals surface area contributed by atoms with Gasteiger partial charge >= 0.3 is 6.03 Å². The third-order valence-electron chi connectivity index (χ3n) is 3.94. The molecule has 1 aliphatic rings. The highest BCUT2D eigenvalue weighted by atomic mass is 16.6. The lowest BCUT2D eigenvalue weighted by Crippen LogP contribution is -2.32. The number of hydrogen-bond donors (Lipinski definition) is 1. The molecule has 9 heteroatoms. The first-order valence-corrected chi connectivity index (χ1v) is 7.76. The maximum absolute atomic E-state index is 12.4. The molecule has 25 heavy (non-hydrogen) atoms. The number of carbonyl (C=O) groups excluding carboxylic acids is 2. The van der Waals surface area contributed by atoms with Gasteiger partial charge in [0.1, 0.15) is 18.3 Å². The van der Waals surface area contributed by atoms with Crippen LogP contribution in [0.4, 0.5) is 10.5 Å². The lowest BCUT2D eigenvalue weighted by atomic mass is 10.1. The highest BCUT2D eigenvalue weighted by Crippen LogP contribution is 2.18. The smallest absolute Gasteiger partial charge is 0.325 e. The summed E-state index contributed by atoms with van der Waals surface area (Å²) < 4.78 is 5.43. The molecule has 0 bridgehead atoms. The normalized spacial score (nSPS) is 17.0. The van der Waals surface area contributed by atoms with E-state index in [1.165, 1.54) is 12.1 Å². The summed E-state index contributed by atoms with van der Waals surface area (Å²) >= 11 is 0. The number of carbonyl (C=O) groups is 2. The lowest BCUT2D eigenvalue weighted by molar-refractivity contribution is -0.384. The first kappa shape index (κ1) is 16.6. The Morgan fingerprint density at radius 1 is 1.32 bits per heavy atom. The third kappa shape index (κ3) is 3.49. The average Bonchev–Trinajstić information content (AvgIpc) is 3.16. The zero-order valence-corrected chi connectivity index (χ0v) is 13.5. The van der Waals surface area contributed by atoms with Crippen LogP contribution < -0.4 is 5.32 Å². The molecule has 0 spiro atoms. The van der Waals surface area contributed by atoms with Crippen molar-refractivity contribution >= 4 is 17.6 Å². The molecule has 1 atom stereocenters. The molecule has 1 aliphatic heterocycles. The summed E-state index contributed by atoms with van der Waals surface area (Å²) in [5, 5.41) is 13.3. The van der Waals surface area contributed by atoms with Gasteiger partial charge in [0.05, 0.1) is 11.1 Å². The van der Waals surface area contributed by atoms with E-state index in [1.54, 1.807) is 18.3 Å². The summed E-state index contributed by atoms with van der Waals surface area (Å²) in [7, 11) is 0. The summed E-state index contributed by atoms with van der Waals surface area (Å²) in [6.07, 6.45) is 2.50. The van der Waals surface area contributed by atoms with Crippen LogP contribution in [0.25, 0.3) is 0 Å². The molecule has 1 aromatic carbocycles. The van der Waals surface area contributed by atoms with Crippen LogP contribution in [0.5, 0.6) is 0 Å². The van der Waals surface area contributed by atoms with Gasteiger partial charge in [0.2, 0.25) is 5.89 Å². The topological polar surface area (TPSA) is 119 Å². The summed E-state index contributed by atoms with van der Waals surface area (Å²) in [6.45, 7) is 1.89. The second kappa shape index (κ2) is 6.71. The standard InChI is InChI=1S/C16H16N4O5/c1-2-12-8-17-14(25-12)9-19-15(21)13(18-16(19)22)7-10-3-5-11(6-4-10)20(23)24/h3-6,8,13H,2,7,9H2,1H3,(H,18,22). The first-order chi connectivity index (χ1) is 12.0. The van der Waals surface area contributed by atoms with Crippen LogP contribution in [0, 0.1) is 10.1 Å². The van der Waals surface area contributed by atoms with Crippen molar-refractivity contribution < 1.29 is 18.9 Å². The average molecular weight is 344 g/mol. The van der Waals surface area contributed by atoms with E-state index in [-0.39, 0.29) is 24.6 Å². The fourth-order valence-electron chi connectivity index (χ4n) is 2.57. The maximum Gasteiger partial charge on any atom is 0.325 e. The Kier molecular flexibility index (Phi) is 4.46. The molecular weight excluding hydrogens is 328 g/mol. The zero-order valence-electron chi connectivity index (χ0n) is 13.5. The van der Waals surface area contributed by atoms with E-state index >= 15 is 0 Å². The zero-order chi connectivity index (χ0) is 18.0. The van der Waals surface area contributed by atoms with Crippen molar-refractivity contribution in [2.45, 2.75) is 32.4 Å². The molecule has 1 aromatic heterocycles. The second-order valence-corrected chi connectivity index (χ2v) is 5.63. The minimum Gasteiger partial charge on any atom is -0.444 e. The van der Waals surface area contributed by atoms with E-state index in [2.05, 4.69) is 10.3 Å². The third-order valence-corrected chi connectivity index (χ3v) is 3.94. The molecule has 1 N–H and O–H groups in total. The molecule has 0 radical (unpaired) electrons.